The number of hydrogen-bond donors (Lipinski definition) is 1. The molecule has 1 atom stereocenters. The number of amidine groups is 1. The van der Waals surface area contributed by atoms with E-state index in [0.29, 0.717) is 5.84 Å². The van der Waals surface area contributed by atoms with Gasteiger partial charge in [0.05, 0.1) is 6.04 Å². The van der Waals surface area contributed by atoms with E-state index in [1.807, 2.05) is 31.3 Å². The van der Waals surface area contributed by atoms with Gasteiger partial charge in [0.25, 0.3) is 0 Å². The van der Waals surface area contributed by atoms with Crippen LogP contribution >= 0.6 is 0 Å². The summed E-state index contributed by atoms with van der Waals surface area (Å²) in [4.78, 5) is 4.51. The summed E-state index contributed by atoms with van der Waals surface area (Å²) in [5.74, 6) is 0.671. The topological polar surface area (TPSA) is 48.2 Å². The average molecular weight is 215 g/mol. The fourth-order valence-electron chi connectivity index (χ4n) is 1.60. The van der Waals surface area contributed by atoms with Crippen LogP contribution in [0.4, 0.5) is 0 Å². The van der Waals surface area contributed by atoms with Crippen molar-refractivity contribution in [3.05, 3.63) is 35.9 Å². The van der Waals surface area contributed by atoms with Gasteiger partial charge in [0.2, 0.25) is 0 Å². The van der Waals surface area contributed by atoms with Gasteiger partial charge in [-0.3, -0.25) is 10.3 Å². The van der Waals surface area contributed by atoms with E-state index in [1.165, 1.54) is 5.56 Å². The third-order valence-corrected chi connectivity index (χ3v) is 2.33. The third-order valence-electron chi connectivity index (χ3n) is 2.33. The monoisotopic (exact) mass is 215 g/mol. The van der Waals surface area contributed by atoms with Gasteiger partial charge in [-0.25, -0.2) is 0 Å². The first-order valence-corrected chi connectivity index (χ1v) is 5.52. The molecule has 0 fully saturated rings. The van der Waals surface area contributed by atoms with Crippen molar-refractivity contribution in [2.75, 3.05) is 0 Å². The van der Waals surface area contributed by atoms with Crippen LogP contribution in [0, 0.1) is 11.5 Å². The van der Waals surface area contributed by atoms with Crippen LogP contribution in [0.25, 0.3) is 0 Å². The maximum absolute atomic E-state index is 8.51. The van der Waals surface area contributed by atoms with Crippen LogP contribution in [-0.4, -0.2) is 5.84 Å². The molecule has 0 aromatic heterocycles. The van der Waals surface area contributed by atoms with Gasteiger partial charge >= 0.3 is 0 Å². The van der Waals surface area contributed by atoms with Crippen molar-refractivity contribution in [3.8, 4) is 6.19 Å². The van der Waals surface area contributed by atoms with Crippen molar-refractivity contribution < 1.29 is 0 Å². The Labute approximate surface area is 96.8 Å². The van der Waals surface area contributed by atoms with Gasteiger partial charge in [-0.2, -0.15) is 5.26 Å². The molecule has 16 heavy (non-hydrogen) atoms. The molecule has 0 radical (unpaired) electrons. The van der Waals surface area contributed by atoms with Crippen LogP contribution in [0.15, 0.2) is 35.3 Å². The van der Waals surface area contributed by atoms with Crippen LogP contribution in [0.5, 0.6) is 0 Å². The van der Waals surface area contributed by atoms with Gasteiger partial charge in [-0.1, -0.05) is 43.7 Å². The molecule has 0 unspecified atom stereocenters. The molecule has 0 spiro atoms. The maximum atomic E-state index is 8.51. The van der Waals surface area contributed by atoms with E-state index in [0.717, 1.165) is 12.8 Å². The average Bonchev–Trinajstić information content (AvgIpc) is 2.30. The molecule has 0 bridgehead atoms. The minimum atomic E-state index is 0.145. The van der Waals surface area contributed by atoms with Crippen molar-refractivity contribution in [3.63, 3.8) is 0 Å². The number of benzene rings is 1. The Morgan fingerprint density at radius 3 is 2.69 bits per heavy atom. The molecule has 1 rings (SSSR count). The van der Waals surface area contributed by atoms with Crippen LogP contribution in [0.1, 0.15) is 38.3 Å². The highest BCUT2D eigenvalue weighted by molar-refractivity contribution is 5.81. The molecule has 0 saturated carbocycles. The number of nitrogens with zero attached hydrogens (tertiary/aromatic N) is 2. The highest BCUT2D eigenvalue weighted by atomic mass is 15.0. The van der Waals surface area contributed by atoms with Crippen LogP contribution in [0.3, 0.4) is 0 Å². The second-order valence-corrected chi connectivity index (χ2v) is 3.67. The van der Waals surface area contributed by atoms with E-state index in [9.17, 15) is 0 Å². The zero-order valence-corrected chi connectivity index (χ0v) is 9.77. The first-order valence-electron chi connectivity index (χ1n) is 5.52. The Bertz CT molecular complexity index is 376. The van der Waals surface area contributed by atoms with Gasteiger partial charge in [-0.15, -0.1) is 0 Å². The van der Waals surface area contributed by atoms with E-state index in [4.69, 9.17) is 5.26 Å². The highest BCUT2D eigenvalue weighted by Gasteiger charge is 2.08. The Morgan fingerprint density at radius 2 is 2.12 bits per heavy atom. The van der Waals surface area contributed by atoms with E-state index in [-0.39, 0.29) is 6.04 Å². The number of hydrogen-bond acceptors (Lipinski definition) is 2. The molecule has 0 amide bonds. The molecule has 1 aromatic carbocycles. The molecule has 0 heterocycles. The van der Waals surface area contributed by atoms with Crippen LogP contribution < -0.4 is 5.32 Å². The quantitative estimate of drug-likeness (QED) is 0.363. The van der Waals surface area contributed by atoms with Crippen molar-refractivity contribution in [1.82, 2.24) is 5.32 Å². The number of nitrogens with one attached hydrogen (secondary N) is 1. The minimum absolute atomic E-state index is 0.145. The molecule has 3 nitrogen and oxygen atoms in total. The lowest BCUT2D eigenvalue weighted by molar-refractivity contribution is 0.638. The van der Waals surface area contributed by atoms with E-state index < -0.39 is 0 Å². The van der Waals surface area contributed by atoms with Crippen LogP contribution in [0.2, 0.25) is 0 Å². The Kier molecular flexibility index (Phi) is 5.07. The molecule has 0 aliphatic carbocycles. The summed E-state index contributed by atoms with van der Waals surface area (Å²) in [6.07, 6.45) is 3.95. The lowest BCUT2D eigenvalue weighted by Crippen LogP contribution is -2.14. The predicted molar refractivity (Wildman–Crippen MR) is 65.9 cm³/mol. The molecule has 0 aliphatic heterocycles. The van der Waals surface area contributed by atoms with Crippen molar-refractivity contribution in [1.29, 1.82) is 5.26 Å². The fraction of sp³-hybridized carbons (Fsp3) is 0.385. The SMILES string of the molecule is CCC[C@H](N=C(C)NC#N)c1ccccc1. The van der Waals surface area contributed by atoms with E-state index >= 15 is 0 Å². The molecule has 84 valence electrons. The highest BCUT2D eigenvalue weighted by Crippen LogP contribution is 2.22. The molecule has 3 heteroatoms. The summed E-state index contributed by atoms with van der Waals surface area (Å²) in [5, 5.41) is 11.1. The largest absolute Gasteiger partial charge is 0.281 e. The third kappa shape index (κ3) is 3.74. The lowest BCUT2D eigenvalue weighted by atomic mass is 10.0. The summed E-state index contributed by atoms with van der Waals surface area (Å²) in [7, 11) is 0. The summed E-state index contributed by atoms with van der Waals surface area (Å²) in [6.45, 7) is 3.95. The summed E-state index contributed by atoms with van der Waals surface area (Å²) >= 11 is 0. The van der Waals surface area contributed by atoms with Crippen LogP contribution in [-0.2, 0) is 0 Å². The Hall–Kier alpha value is -1.82. The van der Waals surface area contributed by atoms with Gasteiger partial charge < -0.3 is 0 Å². The first kappa shape index (κ1) is 12.3. The van der Waals surface area contributed by atoms with Crippen molar-refractivity contribution in [2.24, 2.45) is 4.99 Å². The van der Waals surface area contributed by atoms with Gasteiger partial charge in [0, 0.05) is 0 Å². The summed E-state index contributed by atoms with van der Waals surface area (Å²) in [6, 6.07) is 10.3. The Balaban J connectivity index is 2.84. The lowest BCUT2D eigenvalue weighted by Gasteiger charge is -2.12. The predicted octanol–water partition coefficient (Wildman–Crippen LogP) is 3.02. The van der Waals surface area contributed by atoms with Crippen molar-refractivity contribution in [2.45, 2.75) is 32.7 Å². The number of nitriles is 1. The standard InChI is InChI=1S/C13H17N3/c1-3-7-13(16-11(2)15-10-14)12-8-5-4-6-9-12/h4-6,8-9,13H,3,7H2,1-2H3,(H,15,16)/t13-/m0/s1. The maximum Gasteiger partial charge on any atom is 0.182 e. The molecular weight excluding hydrogens is 198 g/mol. The molecular formula is C13H17N3. The second kappa shape index (κ2) is 6.62. The van der Waals surface area contributed by atoms with Crippen molar-refractivity contribution >= 4 is 5.84 Å². The second-order valence-electron chi connectivity index (χ2n) is 3.67. The van der Waals surface area contributed by atoms with Gasteiger partial charge in [0.15, 0.2) is 6.19 Å². The minimum Gasteiger partial charge on any atom is -0.281 e. The smallest absolute Gasteiger partial charge is 0.182 e. The van der Waals surface area contributed by atoms with Gasteiger partial charge in [0.1, 0.15) is 5.84 Å². The number of aliphatic imine (C=N–C) groups is 1. The molecule has 0 saturated heterocycles. The zero-order valence-electron chi connectivity index (χ0n) is 9.77. The fourth-order valence-corrected chi connectivity index (χ4v) is 1.60. The molecule has 1 N–H and O–H groups in total. The summed E-state index contributed by atoms with van der Waals surface area (Å²) < 4.78 is 0. The molecule has 0 aliphatic rings. The first-order chi connectivity index (χ1) is 7.77. The Morgan fingerprint density at radius 1 is 1.44 bits per heavy atom. The normalized spacial score (nSPS) is 12.9. The van der Waals surface area contributed by atoms with E-state index in [2.05, 4.69) is 29.4 Å². The zero-order chi connectivity index (χ0) is 11.8. The number of rotatable bonds is 4. The molecule has 1 aromatic rings. The van der Waals surface area contributed by atoms with Gasteiger partial charge in [-0.05, 0) is 18.9 Å². The summed E-state index contributed by atoms with van der Waals surface area (Å²) in [5.41, 5.74) is 1.20. The van der Waals surface area contributed by atoms with E-state index in [1.54, 1.807) is 0 Å².